The highest BCUT2D eigenvalue weighted by Crippen LogP contribution is 2.68. The molecule has 1 fully saturated rings. The molecule has 0 spiro atoms. The normalized spacial score (nSPS) is 20.6. The van der Waals surface area contributed by atoms with E-state index in [9.17, 15) is 4.79 Å². The van der Waals surface area contributed by atoms with E-state index >= 15 is 0 Å². The summed E-state index contributed by atoms with van der Waals surface area (Å²) in [6, 6.07) is 8.07. The first kappa shape index (κ1) is 12.8. The van der Waals surface area contributed by atoms with Gasteiger partial charge in [-0.3, -0.25) is 4.79 Å². The second kappa shape index (κ2) is 3.89. The molecule has 1 heterocycles. The van der Waals surface area contributed by atoms with Crippen molar-refractivity contribution in [1.29, 1.82) is 0 Å². The summed E-state index contributed by atoms with van der Waals surface area (Å²) in [5, 5.41) is 0.949. The number of hydrogen-bond acceptors (Lipinski definition) is 3. The van der Waals surface area contributed by atoms with Crippen molar-refractivity contribution in [3.8, 4) is 0 Å². The Kier molecular flexibility index (Phi) is 2.62. The Bertz CT molecular complexity index is 607. The first-order valence-electron chi connectivity index (χ1n) is 6.71. The lowest BCUT2D eigenvalue weighted by molar-refractivity contribution is -0.120. The lowest BCUT2D eigenvalue weighted by atomic mass is 10.0. The molecule has 1 aliphatic carbocycles. The van der Waals surface area contributed by atoms with Crippen LogP contribution in [0.4, 0.5) is 0 Å². The third-order valence-corrected chi connectivity index (χ3v) is 6.04. The van der Waals surface area contributed by atoms with Gasteiger partial charge in [0.1, 0.15) is 10.8 Å². The van der Waals surface area contributed by atoms with Crippen LogP contribution in [0.1, 0.15) is 32.7 Å². The van der Waals surface area contributed by atoms with Crippen molar-refractivity contribution in [2.75, 3.05) is 0 Å². The van der Waals surface area contributed by atoms with Crippen LogP contribution in [0.15, 0.2) is 24.3 Å². The summed E-state index contributed by atoms with van der Waals surface area (Å²) in [5.41, 5.74) is 1.26. The van der Waals surface area contributed by atoms with Crippen molar-refractivity contribution in [1.82, 2.24) is 4.98 Å². The number of rotatable bonds is 3. The number of thiazole rings is 1. The second-order valence-electron chi connectivity index (χ2n) is 6.59. The summed E-state index contributed by atoms with van der Waals surface area (Å²) in [4.78, 5) is 17.0. The largest absolute Gasteiger partial charge is 0.299 e. The quantitative estimate of drug-likeness (QED) is 0.843. The molecule has 0 radical (unpaired) electrons. The van der Waals surface area contributed by atoms with E-state index in [2.05, 4.69) is 38.7 Å². The first-order chi connectivity index (χ1) is 8.84. The van der Waals surface area contributed by atoms with Gasteiger partial charge >= 0.3 is 0 Å². The number of nitrogens with zero attached hydrogens (tertiary/aromatic N) is 1. The Morgan fingerprint density at radius 2 is 1.84 bits per heavy atom. The summed E-state index contributed by atoms with van der Waals surface area (Å²) >= 11 is 1.64. The van der Waals surface area contributed by atoms with Crippen LogP contribution in [-0.4, -0.2) is 10.8 Å². The van der Waals surface area contributed by atoms with E-state index in [-0.39, 0.29) is 16.7 Å². The van der Waals surface area contributed by atoms with Crippen LogP contribution in [0, 0.1) is 16.7 Å². The first-order valence-corrected chi connectivity index (χ1v) is 7.53. The number of carbonyl (C=O) groups is 1. The van der Waals surface area contributed by atoms with Gasteiger partial charge in [-0.1, -0.05) is 39.8 Å². The number of Topliss-reactive ketones (excluding diaryl/α,β-unsaturated/α-hetero) is 1. The third-order valence-electron chi connectivity index (χ3n) is 5.01. The molecule has 3 rings (SSSR count). The minimum absolute atomic E-state index is 0.126. The summed E-state index contributed by atoms with van der Waals surface area (Å²) < 4.78 is 1.17. The molecule has 1 aromatic carbocycles. The molecule has 0 atom stereocenters. The van der Waals surface area contributed by atoms with Crippen molar-refractivity contribution in [2.24, 2.45) is 16.7 Å². The number of benzene rings is 1. The molecule has 2 aromatic rings. The summed E-state index contributed by atoms with van der Waals surface area (Å²) in [6.07, 6.45) is 0.483. The van der Waals surface area contributed by atoms with Crippen LogP contribution in [0.2, 0.25) is 0 Å². The highest BCUT2D eigenvalue weighted by atomic mass is 32.1. The number of aromatic nitrogens is 1. The smallest absolute Gasteiger partial charge is 0.143 e. The standard InChI is InChI=1S/C16H19NOS/c1-15(2)14(16(15,3)4)11(18)9-13-17-10-7-5-6-8-12(10)19-13/h5-8,14H,9H2,1-4H3. The van der Waals surface area contributed by atoms with Gasteiger partial charge in [0.15, 0.2) is 0 Å². The van der Waals surface area contributed by atoms with Gasteiger partial charge in [-0.2, -0.15) is 0 Å². The van der Waals surface area contributed by atoms with Gasteiger partial charge in [0.05, 0.1) is 16.6 Å². The average Bonchev–Trinajstić information content (AvgIpc) is 2.61. The second-order valence-corrected chi connectivity index (χ2v) is 7.71. The molecule has 0 aliphatic heterocycles. The van der Waals surface area contributed by atoms with Crippen LogP contribution >= 0.6 is 11.3 Å². The number of ketones is 1. The van der Waals surface area contributed by atoms with E-state index in [1.165, 1.54) is 4.70 Å². The summed E-state index contributed by atoms with van der Waals surface area (Å²) in [6.45, 7) is 8.75. The molecule has 19 heavy (non-hydrogen) atoms. The topological polar surface area (TPSA) is 30.0 Å². The lowest BCUT2D eigenvalue weighted by Gasteiger charge is -2.03. The van der Waals surface area contributed by atoms with Gasteiger partial charge in [0, 0.05) is 5.92 Å². The van der Waals surface area contributed by atoms with Crippen LogP contribution in [0.3, 0.4) is 0 Å². The fourth-order valence-corrected chi connectivity index (χ4v) is 4.23. The van der Waals surface area contributed by atoms with E-state index in [4.69, 9.17) is 0 Å². The maximum Gasteiger partial charge on any atom is 0.143 e. The Balaban J connectivity index is 1.81. The molecule has 0 N–H and O–H groups in total. The average molecular weight is 273 g/mol. The third kappa shape index (κ3) is 1.83. The van der Waals surface area contributed by atoms with Gasteiger partial charge in [-0.15, -0.1) is 11.3 Å². The summed E-state index contributed by atoms with van der Waals surface area (Å²) in [7, 11) is 0. The number of carbonyl (C=O) groups excluding carboxylic acids is 1. The van der Waals surface area contributed by atoms with Crippen molar-refractivity contribution in [2.45, 2.75) is 34.1 Å². The van der Waals surface area contributed by atoms with Gasteiger partial charge in [-0.05, 0) is 23.0 Å². The van der Waals surface area contributed by atoms with Gasteiger partial charge in [0.25, 0.3) is 0 Å². The zero-order valence-electron chi connectivity index (χ0n) is 11.9. The number of hydrogen-bond donors (Lipinski definition) is 0. The van der Waals surface area contributed by atoms with Crippen molar-refractivity contribution in [3.05, 3.63) is 29.3 Å². The van der Waals surface area contributed by atoms with Gasteiger partial charge in [0.2, 0.25) is 0 Å². The molecular formula is C16H19NOS. The molecule has 0 unspecified atom stereocenters. The number of fused-ring (bicyclic) bond motifs is 1. The SMILES string of the molecule is CC1(C)C(C(=O)Cc2nc3ccccc3s2)C1(C)C. The van der Waals surface area contributed by atoms with E-state index < -0.39 is 0 Å². The Labute approximate surface area is 117 Å². The lowest BCUT2D eigenvalue weighted by Crippen LogP contribution is -2.10. The maximum absolute atomic E-state index is 12.4. The molecule has 2 nitrogen and oxygen atoms in total. The molecule has 3 heteroatoms. The van der Waals surface area contributed by atoms with Gasteiger partial charge in [-0.25, -0.2) is 4.98 Å². The predicted molar refractivity (Wildman–Crippen MR) is 79.4 cm³/mol. The van der Waals surface area contributed by atoms with E-state index in [1.54, 1.807) is 11.3 Å². The molecule has 0 bridgehead atoms. The van der Waals surface area contributed by atoms with Crippen molar-refractivity contribution >= 4 is 27.3 Å². The van der Waals surface area contributed by atoms with Gasteiger partial charge < -0.3 is 0 Å². The van der Waals surface area contributed by atoms with E-state index in [1.807, 2.05) is 18.2 Å². The van der Waals surface area contributed by atoms with Crippen LogP contribution in [0.5, 0.6) is 0 Å². The molecule has 1 saturated carbocycles. The fourth-order valence-electron chi connectivity index (χ4n) is 3.25. The van der Waals surface area contributed by atoms with Crippen LogP contribution < -0.4 is 0 Å². The fraction of sp³-hybridized carbons (Fsp3) is 0.500. The minimum atomic E-state index is 0.126. The zero-order valence-corrected chi connectivity index (χ0v) is 12.7. The zero-order chi connectivity index (χ0) is 13.8. The Hall–Kier alpha value is -1.22. The van der Waals surface area contributed by atoms with E-state index in [0.717, 1.165) is 10.5 Å². The highest BCUT2D eigenvalue weighted by molar-refractivity contribution is 7.18. The maximum atomic E-state index is 12.4. The van der Waals surface area contributed by atoms with Crippen molar-refractivity contribution < 1.29 is 4.79 Å². The molecule has 0 amide bonds. The molecular weight excluding hydrogens is 254 g/mol. The number of para-hydroxylation sites is 1. The Morgan fingerprint density at radius 3 is 2.42 bits per heavy atom. The monoisotopic (exact) mass is 273 g/mol. The molecule has 0 saturated heterocycles. The van der Waals surface area contributed by atoms with Crippen LogP contribution in [0.25, 0.3) is 10.2 Å². The minimum Gasteiger partial charge on any atom is -0.299 e. The van der Waals surface area contributed by atoms with Crippen LogP contribution in [-0.2, 0) is 11.2 Å². The molecule has 100 valence electrons. The Morgan fingerprint density at radius 1 is 1.21 bits per heavy atom. The molecule has 1 aliphatic rings. The van der Waals surface area contributed by atoms with Crippen molar-refractivity contribution in [3.63, 3.8) is 0 Å². The summed E-state index contributed by atoms with van der Waals surface area (Å²) in [5.74, 6) is 0.515. The molecule has 1 aromatic heterocycles. The predicted octanol–water partition coefficient (Wildman–Crippen LogP) is 4.09. The van der Waals surface area contributed by atoms with E-state index in [0.29, 0.717) is 12.2 Å². The highest BCUT2D eigenvalue weighted by Gasteiger charge is 2.67.